The number of rotatable bonds is 3. The number of hydrogen-bond acceptors (Lipinski definition) is 5. The Balaban J connectivity index is 2.09. The van der Waals surface area contributed by atoms with Gasteiger partial charge in [0.05, 0.1) is 18.2 Å². The maximum atomic E-state index is 13.1. The molecule has 134 valence electrons. The number of pyridine rings is 2. The molecule has 8 heteroatoms. The minimum absolute atomic E-state index is 0.0317. The molecule has 26 heavy (non-hydrogen) atoms. The van der Waals surface area contributed by atoms with Gasteiger partial charge in [-0.15, -0.1) is 0 Å². The zero-order valence-corrected chi connectivity index (χ0v) is 15.3. The van der Waals surface area contributed by atoms with Crippen molar-refractivity contribution in [1.82, 2.24) is 9.38 Å². The van der Waals surface area contributed by atoms with Gasteiger partial charge in [0.2, 0.25) is 11.5 Å². The second kappa shape index (κ2) is 6.30. The number of nitrogen functional groups attached to an aromatic ring is 1. The molecule has 4 heterocycles. The van der Waals surface area contributed by atoms with Crippen LogP contribution in [0.4, 0.5) is 5.82 Å². The second-order valence-corrected chi connectivity index (χ2v) is 7.03. The average Bonchev–Trinajstić information content (AvgIpc) is 3.11. The van der Waals surface area contributed by atoms with Crippen molar-refractivity contribution in [2.75, 3.05) is 12.3 Å². The largest absolute Gasteiger partial charge is 0.389 e. The Morgan fingerprint density at radius 1 is 1.54 bits per heavy atom. The highest BCUT2D eigenvalue weighted by Gasteiger charge is 2.26. The zero-order valence-electron chi connectivity index (χ0n) is 14.4. The Morgan fingerprint density at radius 2 is 2.35 bits per heavy atom. The van der Waals surface area contributed by atoms with E-state index in [1.54, 1.807) is 12.3 Å². The summed E-state index contributed by atoms with van der Waals surface area (Å²) in [4.78, 5) is 18.0. The lowest BCUT2D eigenvalue weighted by Gasteiger charge is -2.14. The molecule has 1 atom stereocenters. The number of ether oxygens (including phenoxy) is 1. The first kappa shape index (κ1) is 16.9. The van der Waals surface area contributed by atoms with E-state index in [2.05, 4.69) is 0 Å². The number of thiocarbonyl (C=S) groups is 1. The molecule has 0 bridgehead atoms. The summed E-state index contributed by atoms with van der Waals surface area (Å²) in [5, 5.41) is 0.433. The molecule has 0 saturated carbocycles. The van der Waals surface area contributed by atoms with Crippen LogP contribution in [-0.4, -0.2) is 27.1 Å². The normalized spacial score (nSPS) is 17.2. The molecule has 1 aliphatic heterocycles. The standard InChI is InChI=1S/C18H19N5O2S/c1-10-4-2-6-22-16(10)21-17-13(18(22)24)8-12(15(20)26)14(19)23(17)9-11-5-3-7-25-11/h2,4,6,8,11,19H,3,5,7,9H2,1H3,(H2,20,26)/p+1/t11-/m1/s1. The molecule has 1 aliphatic rings. The third-order valence-electron chi connectivity index (χ3n) is 4.85. The highest BCUT2D eigenvalue weighted by atomic mass is 32.1. The van der Waals surface area contributed by atoms with Gasteiger partial charge in [-0.2, -0.15) is 0 Å². The third-order valence-corrected chi connectivity index (χ3v) is 5.07. The lowest BCUT2D eigenvalue weighted by molar-refractivity contribution is -0.666. The number of aromatic nitrogens is 3. The molecule has 0 spiro atoms. The molecule has 7 nitrogen and oxygen atoms in total. The first-order chi connectivity index (χ1) is 12.5. The lowest BCUT2D eigenvalue weighted by atomic mass is 10.1. The van der Waals surface area contributed by atoms with E-state index in [0.29, 0.717) is 34.6 Å². The van der Waals surface area contributed by atoms with Crippen LogP contribution in [0.3, 0.4) is 0 Å². The highest BCUT2D eigenvalue weighted by Crippen LogP contribution is 2.18. The summed E-state index contributed by atoms with van der Waals surface area (Å²) < 4.78 is 9.10. The number of anilines is 1. The van der Waals surface area contributed by atoms with Gasteiger partial charge in [0.1, 0.15) is 10.4 Å². The molecule has 0 amide bonds. The van der Waals surface area contributed by atoms with E-state index in [9.17, 15) is 4.79 Å². The van der Waals surface area contributed by atoms with Crippen molar-refractivity contribution in [2.45, 2.75) is 32.4 Å². The molecule has 3 aromatic rings. The van der Waals surface area contributed by atoms with Gasteiger partial charge < -0.3 is 16.2 Å². The maximum absolute atomic E-state index is 13.1. The van der Waals surface area contributed by atoms with E-state index in [1.165, 1.54) is 4.40 Å². The van der Waals surface area contributed by atoms with Crippen molar-refractivity contribution < 1.29 is 9.30 Å². The third kappa shape index (κ3) is 2.62. The van der Waals surface area contributed by atoms with Crippen molar-refractivity contribution in [2.24, 2.45) is 5.73 Å². The lowest BCUT2D eigenvalue weighted by Crippen LogP contribution is -2.46. The van der Waals surface area contributed by atoms with Gasteiger partial charge in [-0.05, 0) is 31.9 Å². The number of nitrogens with two attached hydrogens (primary N) is 2. The first-order valence-electron chi connectivity index (χ1n) is 8.53. The quantitative estimate of drug-likeness (QED) is 0.403. The summed E-state index contributed by atoms with van der Waals surface area (Å²) in [6.07, 6.45) is 3.69. The molecule has 0 radical (unpaired) electrons. The van der Waals surface area contributed by atoms with Crippen LogP contribution in [0.15, 0.2) is 29.2 Å². The first-order valence-corrected chi connectivity index (χ1v) is 8.93. The summed E-state index contributed by atoms with van der Waals surface area (Å²) in [6, 6.07) is 5.39. The van der Waals surface area contributed by atoms with E-state index in [-0.39, 0.29) is 16.7 Å². The number of hydrogen-bond donors (Lipinski definition) is 2. The molecular weight excluding hydrogens is 350 g/mol. The topological polar surface area (TPSA) is 99.5 Å². The van der Waals surface area contributed by atoms with Crippen molar-refractivity contribution >= 4 is 39.7 Å². The van der Waals surface area contributed by atoms with Crippen LogP contribution >= 0.6 is 12.2 Å². The molecule has 0 aromatic carbocycles. The molecule has 3 aromatic heterocycles. The van der Waals surface area contributed by atoms with E-state index < -0.39 is 0 Å². The van der Waals surface area contributed by atoms with Gasteiger partial charge >= 0.3 is 0 Å². The second-order valence-electron chi connectivity index (χ2n) is 6.59. The van der Waals surface area contributed by atoms with Crippen LogP contribution in [0, 0.1) is 6.92 Å². The Labute approximate surface area is 155 Å². The molecule has 0 unspecified atom stereocenters. The molecule has 4 rings (SSSR count). The van der Waals surface area contributed by atoms with E-state index in [1.807, 2.05) is 23.6 Å². The summed E-state index contributed by atoms with van der Waals surface area (Å²) in [5.41, 5.74) is 14.5. The van der Waals surface area contributed by atoms with Crippen LogP contribution < -0.4 is 21.6 Å². The minimum Gasteiger partial charge on any atom is -0.389 e. The predicted molar refractivity (Wildman–Crippen MR) is 103 cm³/mol. The van der Waals surface area contributed by atoms with Crippen LogP contribution in [0.2, 0.25) is 0 Å². The predicted octanol–water partition coefficient (Wildman–Crippen LogP) is 0.839. The van der Waals surface area contributed by atoms with Crippen molar-refractivity contribution in [1.29, 1.82) is 0 Å². The van der Waals surface area contributed by atoms with Crippen LogP contribution in [0.1, 0.15) is 24.0 Å². The summed E-state index contributed by atoms with van der Waals surface area (Å²) >= 11 is 5.14. The summed E-state index contributed by atoms with van der Waals surface area (Å²) in [5.74, 6) is 0.408. The van der Waals surface area contributed by atoms with Gasteiger partial charge in [-0.3, -0.25) is 9.20 Å². The average molecular weight is 370 g/mol. The van der Waals surface area contributed by atoms with Crippen LogP contribution in [-0.2, 0) is 11.3 Å². The Hall–Kier alpha value is -2.58. The molecule has 1 fully saturated rings. The molecule has 4 N–H and O–H groups in total. The van der Waals surface area contributed by atoms with Crippen molar-refractivity contribution in [3.8, 4) is 0 Å². The molecule has 0 aliphatic carbocycles. The zero-order chi connectivity index (χ0) is 18.4. The Bertz CT molecular complexity index is 1100. The van der Waals surface area contributed by atoms with E-state index >= 15 is 0 Å². The van der Waals surface area contributed by atoms with Gasteiger partial charge in [0.15, 0.2) is 0 Å². The van der Waals surface area contributed by atoms with E-state index in [0.717, 1.165) is 25.0 Å². The smallest absolute Gasteiger partial charge is 0.278 e. The fourth-order valence-corrected chi connectivity index (χ4v) is 3.65. The minimum atomic E-state index is -0.174. The maximum Gasteiger partial charge on any atom is 0.278 e. The van der Waals surface area contributed by atoms with E-state index in [4.69, 9.17) is 33.4 Å². The van der Waals surface area contributed by atoms with Crippen molar-refractivity contribution in [3.05, 3.63) is 45.9 Å². The summed E-state index contributed by atoms with van der Waals surface area (Å²) in [7, 11) is 0. The Kier molecular flexibility index (Phi) is 4.08. The molecule has 1 saturated heterocycles. The number of nitrogens with zero attached hydrogens (tertiary/aromatic N) is 3. The van der Waals surface area contributed by atoms with Crippen LogP contribution in [0.5, 0.6) is 0 Å². The van der Waals surface area contributed by atoms with Gasteiger partial charge in [-0.1, -0.05) is 23.3 Å². The van der Waals surface area contributed by atoms with Gasteiger partial charge in [-0.25, -0.2) is 4.57 Å². The summed E-state index contributed by atoms with van der Waals surface area (Å²) in [6.45, 7) is 3.16. The fraction of sp³-hybridized carbons (Fsp3) is 0.333. The number of fused-ring (bicyclic) bond motifs is 2. The van der Waals surface area contributed by atoms with Gasteiger partial charge in [0.25, 0.3) is 11.2 Å². The fourth-order valence-electron chi connectivity index (χ4n) is 3.48. The SMILES string of the molecule is Cc1cccn2c(=O)c3cc(C(N)=S)c(N)[n+](C[C@H]4CCCO4)c3nc12. The van der Waals surface area contributed by atoms with Gasteiger partial charge in [0, 0.05) is 18.4 Å². The Morgan fingerprint density at radius 3 is 3.04 bits per heavy atom. The monoisotopic (exact) mass is 370 g/mol. The number of aryl methyl sites for hydroxylation is 1. The van der Waals surface area contributed by atoms with Crippen LogP contribution in [0.25, 0.3) is 16.7 Å². The molecular formula is C18H20N5O2S+. The van der Waals surface area contributed by atoms with Crippen molar-refractivity contribution in [3.63, 3.8) is 0 Å². The highest BCUT2D eigenvalue weighted by molar-refractivity contribution is 7.80.